The summed E-state index contributed by atoms with van der Waals surface area (Å²) in [5, 5.41) is 10.2. The van der Waals surface area contributed by atoms with Crippen LogP contribution in [0.2, 0.25) is 5.02 Å². The number of methoxy groups -OCH3 is 1. The van der Waals surface area contributed by atoms with Crippen LogP contribution >= 0.6 is 23.4 Å². The lowest BCUT2D eigenvalue weighted by molar-refractivity contribution is -0.140. The summed E-state index contributed by atoms with van der Waals surface area (Å²) in [5.41, 5.74) is 9.93. The van der Waals surface area contributed by atoms with Crippen LogP contribution in [0.5, 0.6) is 0 Å². The molecule has 3 aromatic rings. The Morgan fingerprint density at radius 2 is 1.80 bits per heavy atom. The Balaban J connectivity index is 1.82. The van der Waals surface area contributed by atoms with Crippen molar-refractivity contribution in [2.75, 3.05) is 12.9 Å². The molecule has 6 nitrogen and oxygen atoms in total. The van der Waals surface area contributed by atoms with Gasteiger partial charge in [-0.3, -0.25) is 4.79 Å². The Hall–Kier alpha value is -2.35. The number of carbonyl (C=O) groups excluding carboxylic acids is 1. The highest BCUT2D eigenvalue weighted by molar-refractivity contribution is 7.99. The number of hydrogen-bond donors (Lipinski definition) is 1. The third-order valence-electron chi connectivity index (χ3n) is 4.67. The second kappa shape index (κ2) is 10.6. The monoisotopic (exact) mass is 444 g/mol. The summed E-state index contributed by atoms with van der Waals surface area (Å²) in [6, 6.07) is 15.7. The van der Waals surface area contributed by atoms with Gasteiger partial charge >= 0.3 is 5.97 Å². The van der Waals surface area contributed by atoms with E-state index >= 15 is 0 Å². The van der Waals surface area contributed by atoms with Crippen molar-refractivity contribution in [1.29, 1.82) is 0 Å². The molecule has 0 saturated carbocycles. The van der Waals surface area contributed by atoms with Gasteiger partial charge in [0.05, 0.1) is 26.1 Å². The zero-order valence-electron chi connectivity index (χ0n) is 17.0. The van der Waals surface area contributed by atoms with Gasteiger partial charge in [-0.05, 0) is 36.6 Å². The highest BCUT2D eigenvalue weighted by atomic mass is 35.5. The first-order valence-electron chi connectivity index (χ1n) is 9.64. The Kier molecular flexibility index (Phi) is 7.90. The second-order valence-corrected chi connectivity index (χ2v) is 8.52. The second-order valence-electron chi connectivity index (χ2n) is 7.02. The number of hydrogen-bond acceptors (Lipinski definition) is 6. The van der Waals surface area contributed by atoms with E-state index in [4.69, 9.17) is 22.1 Å². The van der Waals surface area contributed by atoms with Gasteiger partial charge in [0.25, 0.3) is 0 Å². The van der Waals surface area contributed by atoms with Gasteiger partial charge in [0.15, 0.2) is 11.0 Å². The van der Waals surface area contributed by atoms with Crippen molar-refractivity contribution in [3.8, 4) is 0 Å². The number of rotatable bonds is 9. The zero-order chi connectivity index (χ0) is 21.5. The van der Waals surface area contributed by atoms with Crippen LogP contribution in [0.15, 0.2) is 53.7 Å². The third kappa shape index (κ3) is 6.08. The molecule has 3 rings (SSSR count). The van der Waals surface area contributed by atoms with Crippen molar-refractivity contribution in [3.63, 3.8) is 0 Å². The number of nitrogens with two attached hydrogens (primary N) is 1. The van der Waals surface area contributed by atoms with Gasteiger partial charge in [-0.2, -0.15) is 0 Å². The normalized spacial score (nSPS) is 12.0. The molecule has 1 atom stereocenters. The molecule has 1 heterocycles. The molecule has 0 bridgehead atoms. The lowest BCUT2D eigenvalue weighted by atomic mass is 10.1. The van der Waals surface area contributed by atoms with E-state index in [1.807, 2.05) is 28.8 Å². The first-order chi connectivity index (χ1) is 14.5. The standard InChI is InChI=1S/C22H25ClN4O2S/c1-15-3-5-17(6-4-15)14-27-21(19(24)13-16-7-9-18(23)10-8-16)25-26-22(27)30-12-11-20(28)29-2/h3-10,19H,11-14,24H2,1-2H3. The summed E-state index contributed by atoms with van der Waals surface area (Å²) >= 11 is 7.46. The zero-order valence-corrected chi connectivity index (χ0v) is 18.6. The summed E-state index contributed by atoms with van der Waals surface area (Å²) in [5.74, 6) is 1.03. The quantitative estimate of drug-likeness (QED) is 0.393. The van der Waals surface area contributed by atoms with E-state index in [0.29, 0.717) is 36.0 Å². The molecule has 0 aliphatic carbocycles. The van der Waals surface area contributed by atoms with Gasteiger partial charge in [-0.1, -0.05) is 65.3 Å². The van der Waals surface area contributed by atoms with Gasteiger partial charge < -0.3 is 15.0 Å². The van der Waals surface area contributed by atoms with E-state index in [-0.39, 0.29) is 12.0 Å². The van der Waals surface area contributed by atoms with Gasteiger partial charge in [-0.25, -0.2) is 0 Å². The van der Waals surface area contributed by atoms with Crippen molar-refractivity contribution in [2.45, 2.75) is 37.5 Å². The van der Waals surface area contributed by atoms with Crippen LogP contribution in [0.4, 0.5) is 0 Å². The number of aryl methyl sites for hydroxylation is 1. The maximum absolute atomic E-state index is 11.4. The maximum Gasteiger partial charge on any atom is 0.306 e. The fourth-order valence-corrected chi connectivity index (χ4v) is 3.99. The third-order valence-corrected chi connectivity index (χ3v) is 5.89. The van der Waals surface area contributed by atoms with Crippen LogP contribution in [0.3, 0.4) is 0 Å². The van der Waals surface area contributed by atoms with Gasteiger partial charge in [0.2, 0.25) is 0 Å². The minimum Gasteiger partial charge on any atom is -0.469 e. The highest BCUT2D eigenvalue weighted by Crippen LogP contribution is 2.24. The molecule has 0 saturated heterocycles. The molecule has 1 unspecified atom stereocenters. The summed E-state index contributed by atoms with van der Waals surface area (Å²) in [7, 11) is 1.39. The van der Waals surface area contributed by atoms with Crippen molar-refractivity contribution >= 4 is 29.3 Å². The molecule has 0 aliphatic rings. The highest BCUT2D eigenvalue weighted by Gasteiger charge is 2.20. The number of nitrogens with zero attached hydrogens (tertiary/aromatic N) is 3. The average molecular weight is 445 g/mol. The molecule has 8 heteroatoms. The minimum atomic E-state index is -0.320. The Bertz CT molecular complexity index is 974. The Morgan fingerprint density at radius 3 is 2.47 bits per heavy atom. The number of aromatic nitrogens is 3. The number of thioether (sulfide) groups is 1. The topological polar surface area (TPSA) is 83.0 Å². The van der Waals surface area contributed by atoms with Crippen molar-refractivity contribution in [1.82, 2.24) is 14.8 Å². The molecule has 2 aromatic carbocycles. The number of carbonyl (C=O) groups is 1. The minimum absolute atomic E-state index is 0.244. The van der Waals surface area contributed by atoms with Gasteiger partial charge in [0.1, 0.15) is 0 Å². The smallest absolute Gasteiger partial charge is 0.306 e. The molecule has 0 amide bonds. The van der Waals surface area contributed by atoms with Crippen molar-refractivity contribution in [3.05, 3.63) is 76.1 Å². The maximum atomic E-state index is 11.4. The van der Waals surface area contributed by atoms with Crippen LogP contribution in [0, 0.1) is 6.92 Å². The molecule has 0 radical (unpaired) electrons. The molecular weight excluding hydrogens is 420 g/mol. The number of ether oxygens (including phenoxy) is 1. The molecule has 158 valence electrons. The molecule has 0 spiro atoms. The largest absolute Gasteiger partial charge is 0.469 e. The molecular formula is C22H25ClN4O2S. The summed E-state index contributed by atoms with van der Waals surface area (Å²) in [4.78, 5) is 11.4. The van der Waals surface area contributed by atoms with Crippen molar-refractivity contribution < 1.29 is 9.53 Å². The summed E-state index contributed by atoms with van der Waals surface area (Å²) in [6.45, 7) is 2.67. The van der Waals surface area contributed by atoms with E-state index < -0.39 is 0 Å². The fraction of sp³-hybridized carbons (Fsp3) is 0.318. The Morgan fingerprint density at radius 1 is 1.13 bits per heavy atom. The van der Waals surface area contributed by atoms with E-state index in [2.05, 4.69) is 41.4 Å². The van der Waals surface area contributed by atoms with Gasteiger partial charge in [0, 0.05) is 10.8 Å². The first kappa shape index (κ1) is 22.3. The van der Waals surface area contributed by atoms with E-state index in [0.717, 1.165) is 16.3 Å². The van der Waals surface area contributed by atoms with Crippen LogP contribution in [-0.2, 0) is 22.5 Å². The van der Waals surface area contributed by atoms with Crippen LogP contribution < -0.4 is 5.73 Å². The van der Waals surface area contributed by atoms with Crippen LogP contribution in [-0.4, -0.2) is 33.6 Å². The molecule has 2 N–H and O–H groups in total. The fourth-order valence-electron chi connectivity index (χ4n) is 3.00. The average Bonchev–Trinajstić information content (AvgIpc) is 3.13. The molecule has 30 heavy (non-hydrogen) atoms. The Labute approximate surface area is 185 Å². The lowest BCUT2D eigenvalue weighted by Crippen LogP contribution is -2.20. The summed E-state index contributed by atoms with van der Waals surface area (Å²) < 4.78 is 6.75. The predicted octanol–water partition coefficient (Wildman–Crippen LogP) is 4.19. The van der Waals surface area contributed by atoms with E-state index in [1.165, 1.54) is 24.4 Å². The number of halogens is 1. The van der Waals surface area contributed by atoms with E-state index in [9.17, 15) is 4.79 Å². The van der Waals surface area contributed by atoms with Crippen molar-refractivity contribution in [2.24, 2.45) is 5.73 Å². The summed E-state index contributed by atoms with van der Waals surface area (Å²) in [6.07, 6.45) is 0.931. The molecule has 0 aliphatic heterocycles. The van der Waals surface area contributed by atoms with Crippen LogP contribution in [0.1, 0.15) is 35.0 Å². The van der Waals surface area contributed by atoms with Crippen LogP contribution in [0.25, 0.3) is 0 Å². The number of benzene rings is 2. The molecule has 0 fully saturated rings. The predicted molar refractivity (Wildman–Crippen MR) is 120 cm³/mol. The number of esters is 1. The van der Waals surface area contributed by atoms with E-state index in [1.54, 1.807) is 0 Å². The lowest BCUT2D eigenvalue weighted by Gasteiger charge is -2.15. The SMILES string of the molecule is COC(=O)CCSc1nnc(C(N)Cc2ccc(Cl)cc2)n1Cc1ccc(C)cc1. The first-order valence-corrected chi connectivity index (χ1v) is 11.0. The van der Waals surface area contributed by atoms with Gasteiger partial charge in [-0.15, -0.1) is 10.2 Å². The molecule has 1 aromatic heterocycles.